The SMILES string of the molecule is CCCCC(=O)Nc1cc(OC)ccc1Br. The number of carbonyl (C=O) groups excluding carboxylic acids is 1. The normalized spacial score (nSPS) is 9.94. The molecule has 0 aliphatic rings. The second kappa shape index (κ2) is 6.53. The van der Waals surface area contributed by atoms with Crippen LogP contribution < -0.4 is 10.1 Å². The molecule has 0 heterocycles. The standard InChI is InChI=1S/C12H16BrNO2/c1-3-4-5-12(15)14-11-8-9(16-2)6-7-10(11)13/h6-8H,3-5H2,1-2H3,(H,14,15). The smallest absolute Gasteiger partial charge is 0.224 e. The fraction of sp³-hybridized carbons (Fsp3) is 0.417. The molecular weight excluding hydrogens is 270 g/mol. The van der Waals surface area contributed by atoms with Crippen molar-refractivity contribution >= 4 is 27.5 Å². The molecule has 88 valence electrons. The maximum atomic E-state index is 11.6. The Morgan fingerprint density at radius 2 is 2.25 bits per heavy atom. The maximum Gasteiger partial charge on any atom is 0.224 e. The van der Waals surface area contributed by atoms with Gasteiger partial charge in [0.15, 0.2) is 0 Å². The molecule has 0 aliphatic carbocycles. The van der Waals surface area contributed by atoms with Gasteiger partial charge in [0.05, 0.1) is 12.8 Å². The van der Waals surface area contributed by atoms with Gasteiger partial charge in [0.25, 0.3) is 0 Å². The minimum Gasteiger partial charge on any atom is -0.497 e. The molecule has 0 bridgehead atoms. The molecule has 1 aromatic carbocycles. The molecule has 0 aliphatic heterocycles. The third-order valence-electron chi connectivity index (χ3n) is 2.21. The summed E-state index contributed by atoms with van der Waals surface area (Å²) in [4.78, 5) is 11.6. The number of benzene rings is 1. The lowest BCUT2D eigenvalue weighted by Crippen LogP contribution is -2.11. The molecule has 1 amide bonds. The molecule has 3 nitrogen and oxygen atoms in total. The Labute approximate surface area is 104 Å². The summed E-state index contributed by atoms with van der Waals surface area (Å²) in [5.74, 6) is 0.768. The number of hydrogen-bond acceptors (Lipinski definition) is 2. The molecule has 0 saturated carbocycles. The number of carbonyl (C=O) groups is 1. The molecule has 16 heavy (non-hydrogen) atoms. The average Bonchev–Trinajstić information content (AvgIpc) is 2.29. The first-order chi connectivity index (χ1) is 7.67. The summed E-state index contributed by atoms with van der Waals surface area (Å²) < 4.78 is 5.96. The van der Waals surface area contributed by atoms with Crippen molar-refractivity contribution in [1.29, 1.82) is 0 Å². The van der Waals surface area contributed by atoms with Crippen molar-refractivity contribution in [2.45, 2.75) is 26.2 Å². The van der Waals surface area contributed by atoms with Crippen LogP contribution in [0.2, 0.25) is 0 Å². The summed E-state index contributed by atoms with van der Waals surface area (Å²) in [6.07, 6.45) is 2.49. The zero-order valence-electron chi connectivity index (χ0n) is 9.55. The van der Waals surface area contributed by atoms with Crippen LogP contribution in [0.5, 0.6) is 5.75 Å². The number of nitrogens with one attached hydrogen (secondary N) is 1. The number of amides is 1. The average molecular weight is 286 g/mol. The Bertz CT molecular complexity index is 366. The van der Waals surface area contributed by atoms with Crippen molar-refractivity contribution in [1.82, 2.24) is 0 Å². The molecule has 0 radical (unpaired) electrons. The van der Waals surface area contributed by atoms with Gasteiger partial charge in [-0.3, -0.25) is 4.79 Å². The van der Waals surface area contributed by atoms with Gasteiger partial charge in [-0.2, -0.15) is 0 Å². The van der Waals surface area contributed by atoms with Crippen molar-refractivity contribution in [2.75, 3.05) is 12.4 Å². The molecule has 0 spiro atoms. The third kappa shape index (κ3) is 3.85. The molecular formula is C12H16BrNO2. The highest BCUT2D eigenvalue weighted by molar-refractivity contribution is 9.10. The van der Waals surface area contributed by atoms with E-state index in [1.807, 2.05) is 12.1 Å². The summed E-state index contributed by atoms with van der Waals surface area (Å²) in [5.41, 5.74) is 0.750. The number of anilines is 1. The molecule has 0 fully saturated rings. The molecule has 4 heteroatoms. The van der Waals surface area contributed by atoms with Crippen LogP contribution in [0.3, 0.4) is 0 Å². The van der Waals surface area contributed by atoms with Crippen LogP contribution in [0.4, 0.5) is 5.69 Å². The van der Waals surface area contributed by atoms with Crippen LogP contribution >= 0.6 is 15.9 Å². The highest BCUT2D eigenvalue weighted by Gasteiger charge is 2.06. The van der Waals surface area contributed by atoms with Gasteiger partial charge in [-0.15, -0.1) is 0 Å². The highest BCUT2D eigenvalue weighted by Crippen LogP contribution is 2.27. The predicted molar refractivity (Wildman–Crippen MR) is 68.8 cm³/mol. The summed E-state index contributed by atoms with van der Waals surface area (Å²) in [5, 5.41) is 2.85. The van der Waals surface area contributed by atoms with E-state index in [-0.39, 0.29) is 5.91 Å². The van der Waals surface area contributed by atoms with E-state index in [4.69, 9.17) is 4.74 Å². The van der Waals surface area contributed by atoms with E-state index in [1.54, 1.807) is 13.2 Å². The number of ether oxygens (including phenoxy) is 1. The Morgan fingerprint density at radius 1 is 1.50 bits per heavy atom. The van der Waals surface area contributed by atoms with Crippen molar-refractivity contribution in [3.05, 3.63) is 22.7 Å². The molecule has 0 atom stereocenters. The first kappa shape index (κ1) is 13.0. The van der Waals surface area contributed by atoms with E-state index in [0.717, 1.165) is 28.8 Å². The summed E-state index contributed by atoms with van der Waals surface area (Å²) in [7, 11) is 1.60. The monoisotopic (exact) mass is 285 g/mol. The van der Waals surface area contributed by atoms with E-state index < -0.39 is 0 Å². The van der Waals surface area contributed by atoms with Gasteiger partial charge in [0, 0.05) is 17.0 Å². The fourth-order valence-corrected chi connectivity index (χ4v) is 1.62. The largest absolute Gasteiger partial charge is 0.497 e. The first-order valence-electron chi connectivity index (χ1n) is 5.30. The van der Waals surface area contributed by atoms with Crippen molar-refractivity contribution in [3.8, 4) is 5.75 Å². The van der Waals surface area contributed by atoms with Crippen molar-refractivity contribution < 1.29 is 9.53 Å². The third-order valence-corrected chi connectivity index (χ3v) is 2.90. The van der Waals surface area contributed by atoms with Gasteiger partial charge in [0.1, 0.15) is 5.75 Å². The molecule has 1 N–H and O–H groups in total. The quantitative estimate of drug-likeness (QED) is 0.898. The number of methoxy groups -OCH3 is 1. The second-order valence-electron chi connectivity index (χ2n) is 3.50. The molecule has 1 rings (SSSR count). The maximum absolute atomic E-state index is 11.6. The van der Waals surface area contributed by atoms with E-state index >= 15 is 0 Å². The van der Waals surface area contributed by atoms with E-state index in [0.29, 0.717) is 6.42 Å². The van der Waals surface area contributed by atoms with Crippen LogP contribution in [-0.4, -0.2) is 13.0 Å². The number of halogens is 1. The lowest BCUT2D eigenvalue weighted by molar-refractivity contribution is -0.116. The minimum absolute atomic E-state index is 0.0378. The van der Waals surface area contributed by atoms with Crippen LogP contribution in [0, 0.1) is 0 Å². The van der Waals surface area contributed by atoms with Crippen LogP contribution in [0.25, 0.3) is 0 Å². The Kier molecular flexibility index (Phi) is 5.32. The highest BCUT2D eigenvalue weighted by atomic mass is 79.9. The zero-order valence-corrected chi connectivity index (χ0v) is 11.1. The Hall–Kier alpha value is -1.03. The molecule has 0 saturated heterocycles. The molecule has 1 aromatic rings. The number of unbranched alkanes of at least 4 members (excludes halogenated alkanes) is 1. The number of rotatable bonds is 5. The van der Waals surface area contributed by atoms with E-state index in [1.165, 1.54) is 0 Å². The Morgan fingerprint density at radius 3 is 2.88 bits per heavy atom. The van der Waals surface area contributed by atoms with Crippen LogP contribution in [-0.2, 0) is 4.79 Å². The van der Waals surface area contributed by atoms with Crippen molar-refractivity contribution in [3.63, 3.8) is 0 Å². The lowest BCUT2D eigenvalue weighted by Gasteiger charge is -2.08. The first-order valence-corrected chi connectivity index (χ1v) is 6.10. The van der Waals surface area contributed by atoms with Crippen LogP contribution in [0.15, 0.2) is 22.7 Å². The van der Waals surface area contributed by atoms with Crippen molar-refractivity contribution in [2.24, 2.45) is 0 Å². The molecule has 0 unspecified atom stereocenters. The number of hydrogen-bond donors (Lipinski definition) is 1. The second-order valence-corrected chi connectivity index (χ2v) is 4.35. The van der Waals surface area contributed by atoms with Crippen LogP contribution in [0.1, 0.15) is 26.2 Å². The van der Waals surface area contributed by atoms with E-state index in [2.05, 4.69) is 28.2 Å². The van der Waals surface area contributed by atoms with Gasteiger partial charge >= 0.3 is 0 Å². The summed E-state index contributed by atoms with van der Waals surface area (Å²) >= 11 is 3.39. The predicted octanol–water partition coefficient (Wildman–Crippen LogP) is 3.59. The lowest BCUT2D eigenvalue weighted by atomic mass is 10.2. The molecule has 0 aromatic heterocycles. The van der Waals surface area contributed by atoms with Gasteiger partial charge in [-0.25, -0.2) is 0 Å². The fourth-order valence-electron chi connectivity index (χ4n) is 1.28. The summed E-state index contributed by atoms with van der Waals surface area (Å²) in [6.45, 7) is 2.06. The zero-order chi connectivity index (χ0) is 12.0. The van der Waals surface area contributed by atoms with Gasteiger partial charge in [-0.1, -0.05) is 13.3 Å². The van der Waals surface area contributed by atoms with Gasteiger partial charge in [-0.05, 0) is 34.5 Å². The minimum atomic E-state index is 0.0378. The van der Waals surface area contributed by atoms with E-state index in [9.17, 15) is 4.79 Å². The van der Waals surface area contributed by atoms with Gasteiger partial charge in [0.2, 0.25) is 5.91 Å². The van der Waals surface area contributed by atoms with Gasteiger partial charge < -0.3 is 10.1 Å². The topological polar surface area (TPSA) is 38.3 Å². The Balaban J connectivity index is 2.68. The summed E-state index contributed by atoms with van der Waals surface area (Å²) in [6, 6.07) is 5.49.